The van der Waals surface area contributed by atoms with Crippen LogP contribution in [0.5, 0.6) is 0 Å². The lowest BCUT2D eigenvalue weighted by Crippen LogP contribution is -2.01. The number of rotatable bonds is 2. The average Bonchev–Trinajstić information content (AvgIpc) is 2.31. The van der Waals surface area contributed by atoms with E-state index in [-0.39, 0.29) is 11.1 Å². The minimum absolute atomic E-state index is 0.00904. The molecule has 1 atom stereocenters. The van der Waals surface area contributed by atoms with E-state index in [1.54, 1.807) is 13.0 Å². The zero-order valence-electron chi connectivity index (χ0n) is 10.5. The van der Waals surface area contributed by atoms with Gasteiger partial charge in [-0.25, -0.2) is 13.2 Å². The molecule has 0 heterocycles. The first-order chi connectivity index (χ1) is 8.88. The smallest absolute Gasteiger partial charge is 0.128 e. The second-order valence-electron chi connectivity index (χ2n) is 4.55. The summed E-state index contributed by atoms with van der Waals surface area (Å²) >= 11 is 6.13. The first-order valence-electron chi connectivity index (χ1n) is 5.75. The molecule has 0 bridgehead atoms. The van der Waals surface area contributed by atoms with Crippen LogP contribution >= 0.6 is 11.6 Å². The summed E-state index contributed by atoms with van der Waals surface area (Å²) in [4.78, 5) is 0. The van der Waals surface area contributed by atoms with E-state index >= 15 is 0 Å². The van der Waals surface area contributed by atoms with E-state index in [0.29, 0.717) is 11.1 Å². The second-order valence-corrected chi connectivity index (χ2v) is 4.98. The van der Waals surface area contributed by atoms with Crippen molar-refractivity contribution in [3.63, 3.8) is 0 Å². The molecule has 0 amide bonds. The molecule has 2 aromatic rings. The van der Waals surface area contributed by atoms with Crippen molar-refractivity contribution in [3.8, 4) is 0 Å². The van der Waals surface area contributed by atoms with Gasteiger partial charge in [-0.05, 0) is 54.8 Å². The summed E-state index contributed by atoms with van der Waals surface area (Å²) in [5.74, 6) is -1.58. The monoisotopic (exact) mass is 284 g/mol. The van der Waals surface area contributed by atoms with Gasteiger partial charge in [-0.3, -0.25) is 0 Å². The molecular formula is C15H12ClF3. The Morgan fingerprint density at radius 1 is 0.895 bits per heavy atom. The predicted molar refractivity (Wildman–Crippen MR) is 69.9 cm³/mol. The molecule has 4 heteroatoms. The van der Waals surface area contributed by atoms with E-state index in [1.165, 1.54) is 19.1 Å². The molecule has 100 valence electrons. The fourth-order valence-electron chi connectivity index (χ4n) is 1.95. The van der Waals surface area contributed by atoms with Crippen molar-refractivity contribution in [2.45, 2.75) is 19.2 Å². The van der Waals surface area contributed by atoms with Crippen LogP contribution in [0.1, 0.15) is 27.6 Å². The minimum atomic E-state index is -0.926. The number of aryl methyl sites for hydroxylation is 2. The maximum atomic E-state index is 13.8. The van der Waals surface area contributed by atoms with Crippen molar-refractivity contribution in [3.05, 3.63) is 70.0 Å². The standard InChI is InChI=1S/C15H12ClF3/c1-8-3-10(6-11(17)4-8)15(16)12-7-13(18)9(2)5-14(12)19/h3-7,15H,1-2H3. The quantitative estimate of drug-likeness (QED) is 0.677. The van der Waals surface area contributed by atoms with Gasteiger partial charge >= 0.3 is 0 Å². The van der Waals surface area contributed by atoms with E-state index in [1.807, 2.05) is 0 Å². The van der Waals surface area contributed by atoms with Gasteiger partial charge in [0.15, 0.2) is 0 Å². The molecule has 2 aromatic carbocycles. The molecule has 2 rings (SSSR count). The molecule has 0 spiro atoms. The summed E-state index contributed by atoms with van der Waals surface area (Å²) in [5, 5.41) is -0.926. The summed E-state index contributed by atoms with van der Waals surface area (Å²) in [5.41, 5.74) is 1.30. The van der Waals surface area contributed by atoms with Gasteiger partial charge in [0.1, 0.15) is 17.5 Å². The van der Waals surface area contributed by atoms with Crippen LogP contribution < -0.4 is 0 Å². The van der Waals surface area contributed by atoms with Crippen molar-refractivity contribution in [2.24, 2.45) is 0 Å². The number of hydrogen-bond donors (Lipinski definition) is 0. The van der Waals surface area contributed by atoms with Crippen LogP contribution in [0.15, 0.2) is 30.3 Å². The largest absolute Gasteiger partial charge is 0.207 e. The van der Waals surface area contributed by atoms with Crippen molar-refractivity contribution >= 4 is 11.6 Å². The Morgan fingerprint density at radius 3 is 2.21 bits per heavy atom. The van der Waals surface area contributed by atoms with Crippen LogP contribution in [0.3, 0.4) is 0 Å². The molecule has 0 fully saturated rings. The van der Waals surface area contributed by atoms with E-state index in [2.05, 4.69) is 0 Å². The molecule has 0 aromatic heterocycles. The third-order valence-corrected chi connectivity index (χ3v) is 3.40. The minimum Gasteiger partial charge on any atom is -0.207 e. The molecule has 0 saturated carbocycles. The first-order valence-corrected chi connectivity index (χ1v) is 6.19. The SMILES string of the molecule is Cc1cc(F)cc(C(Cl)c2cc(F)c(C)cc2F)c1. The van der Waals surface area contributed by atoms with Crippen LogP contribution in [0, 0.1) is 31.3 Å². The van der Waals surface area contributed by atoms with Gasteiger partial charge in [-0.1, -0.05) is 6.07 Å². The first kappa shape index (κ1) is 13.9. The lowest BCUT2D eigenvalue weighted by Gasteiger charge is -2.13. The zero-order chi connectivity index (χ0) is 14.2. The summed E-state index contributed by atoms with van der Waals surface area (Å²) in [7, 11) is 0. The molecule has 0 nitrogen and oxygen atoms in total. The van der Waals surface area contributed by atoms with E-state index in [0.717, 1.165) is 12.1 Å². The van der Waals surface area contributed by atoms with Crippen LogP contribution in [0.25, 0.3) is 0 Å². The molecule has 0 radical (unpaired) electrons. The predicted octanol–water partition coefficient (Wildman–Crippen LogP) is 5.05. The molecule has 19 heavy (non-hydrogen) atoms. The highest BCUT2D eigenvalue weighted by Gasteiger charge is 2.18. The molecule has 0 N–H and O–H groups in total. The van der Waals surface area contributed by atoms with Crippen LogP contribution in [-0.4, -0.2) is 0 Å². The summed E-state index contributed by atoms with van der Waals surface area (Å²) in [6, 6.07) is 6.37. The Labute approximate surface area is 114 Å². The summed E-state index contributed by atoms with van der Waals surface area (Å²) in [6.45, 7) is 3.18. The Bertz CT molecular complexity index is 603. The second kappa shape index (κ2) is 5.25. The van der Waals surface area contributed by atoms with E-state index in [4.69, 9.17) is 11.6 Å². The highest BCUT2D eigenvalue weighted by molar-refractivity contribution is 6.22. The van der Waals surface area contributed by atoms with Crippen molar-refractivity contribution in [1.29, 1.82) is 0 Å². The van der Waals surface area contributed by atoms with Crippen LogP contribution in [0.2, 0.25) is 0 Å². The van der Waals surface area contributed by atoms with Gasteiger partial charge in [0.25, 0.3) is 0 Å². The lowest BCUT2D eigenvalue weighted by atomic mass is 10.0. The lowest BCUT2D eigenvalue weighted by molar-refractivity contribution is 0.579. The molecule has 0 saturated heterocycles. The van der Waals surface area contributed by atoms with Gasteiger partial charge in [-0.15, -0.1) is 11.6 Å². The Balaban J connectivity index is 2.49. The summed E-state index contributed by atoms with van der Waals surface area (Å²) in [6.07, 6.45) is 0. The van der Waals surface area contributed by atoms with E-state index < -0.39 is 22.8 Å². The fraction of sp³-hybridized carbons (Fsp3) is 0.200. The van der Waals surface area contributed by atoms with Crippen molar-refractivity contribution in [1.82, 2.24) is 0 Å². The number of alkyl halides is 1. The third kappa shape index (κ3) is 2.92. The summed E-state index contributed by atoms with van der Waals surface area (Å²) < 4.78 is 40.6. The molecule has 0 aliphatic carbocycles. The van der Waals surface area contributed by atoms with Crippen LogP contribution in [0.4, 0.5) is 13.2 Å². The third-order valence-electron chi connectivity index (χ3n) is 2.91. The topological polar surface area (TPSA) is 0 Å². The van der Waals surface area contributed by atoms with Gasteiger partial charge in [-0.2, -0.15) is 0 Å². The Hall–Kier alpha value is -1.48. The molecule has 1 unspecified atom stereocenters. The normalized spacial score (nSPS) is 12.5. The number of halogens is 4. The van der Waals surface area contributed by atoms with Gasteiger partial charge in [0.05, 0.1) is 5.38 Å². The number of benzene rings is 2. The van der Waals surface area contributed by atoms with Crippen LogP contribution in [-0.2, 0) is 0 Å². The van der Waals surface area contributed by atoms with Gasteiger partial charge in [0, 0.05) is 5.56 Å². The highest BCUT2D eigenvalue weighted by atomic mass is 35.5. The zero-order valence-corrected chi connectivity index (χ0v) is 11.2. The Kier molecular flexibility index (Phi) is 3.85. The van der Waals surface area contributed by atoms with E-state index in [9.17, 15) is 13.2 Å². The fourth-order valence-corrected chi connectivity index (χ4v) is 2.24. The highest BCUT2D eigenvalue weighted by Crippen LogP contribution is 2.32. The molecule has 0 aliphatic rings. The van der Waals surface area contributed by atoms with Crippen molar-refractivity contribution < 1.29 is 13.2 Å². The average molecular weight is 285 g/mol. The van der Waals surface area contributed by atoms with Gasteiger partial charge < -0.3 is 0 Å². The Morgan fingerprint density at radius 2 is 1.58 bits per heavy atom. The van der Waals surface area contributed by atoms with Gasteiger partial charge in [0.2, 0.25) is 0 Å². The molecular weight excluding hydrogens is 273 g/mol. The maximum Gasteiger partial charge on any atom is 0.128 e. The maximum absolute atomic E-state index is 13.8. The number of hydrogen-bond acceptors (Lipinski definition) is 0. The van der Waals surface area contributed by atoms with Crippen molar-refractivity contribution in [2.75, 3.05) is 0 Å². The molecule has 0 aliphatic heterocycles.